The molecule has 0 amide bonds. The number of rotatable bonds is 3. The third kappa shape index (κ3) is 2.83. The molecular formula is C18H15N. The molecule has 0 aliphatic heterocycles. The average molecular weight is 250 g/mol. The highest BCUT2D eigenvalue weighted by Crippen LogP contribution is 2.24. The lowest BCUT2D eigenvalue weighted by Gasteiger charge is -2.08. The van der Waals surface area contributed by atoms with Crippen LogP contribution >= 0.6 is 0 Å². The van der Waals surface area contributed by atoms with Crippen molar-refractivity contribution in [2.45, 2.75) is 0 Å². The molecule has 0 spiro atoms. The summed E-state index contributed by atoms with van der Waals surface area (Å²) in [7, 11) is 0. The number of benzene rings is 3. The molecule has 0 atom stereocenters. The van der Waals surface area contributed by atoms with E-state index in [9.17, 15) is 0 Å². The Balaban J connectivity index is 2.02. The second-order valence-corrected chi connectivity index (χ2v) is 4.07. The van der Waals surface area contributed by atoms with E-state index in [0.717, 1.165) is 11.1 Å². The summed E-state index contributed by atoms with van der Waals surface area (Å²) in [5.41, 5.74) is 2.76. The summed E-state index contributed by atoms with van der Waals surface area (Å²) in [5.74, 6) is 0. The van der Waals surface area contributed by atoms with Crippen molar-refractivity contribution in [2.24, 2.45) is 0 Å². The van der Waals surface area contributed by atoms with Gasteiger partial charge in [-0.15, -0.1) is 0 Å². The van der Waals surface area contributed by atoms with E-state index in [0.29, 0.717) is 5.69 Å². The zero-order chi connectivity index (χ0) is 17.3. The molecule has 19 heavy (non-hydrogen) atoms. The Bertz CT molecular complexity index is 864. The molecule has 92 valence electrons. The number of hydrogen-bond donors (Lipinski definition) is 1. The van der Waals surface area contributed by atoms with Crippen LogP contribution in [0, 0.1) is 0 Å². The van der Waals surface area contributed by atoms with Gasteiger partial charge in [0.25, 0.3) is 0 Å². The van der Waals surface area contributed by atoms with Crippen LogP contribution < -0.4 is 5.32 Å². The van der Waals surface area contributed by atoms with Crippen molar-refractivity contribution >= 4 is 11.4 Å². The van der Waals surface area contributed by atoms with Crippen molar-refractivity contribution < 1.29 is 6.85 Å². The minimum atomic E-state index is -0.395. The second kappa shape index (κ2) is 5.40. The number of para-hydroxylation sites is 1. The molecule has 1 nitrogen and oxygen atoms in total. The highest BCUT2D eigenvalue weighted by Gasteiger charge is 1.98. The average Bonchev–Trinajstić information content (AvgIpc) is 2.63. The highest BCUT2D eigenvalue weighted by atomic mass is 14.9. The largest absolute Gasteiger partial charge is 0.356 e. The second-order valence-electron chi connectivity index (χ2n) is 4.07. The quantitative estimate of drug-likeness (QED) is 0.682. The van der Waals surface area contributed by atoms with Gasteiger partial charge in [-0.05, 0) is 35.3 Å². The van der Waals surface area contributed by atoms with E-state index in [4.69, 9.17) is 6.85 Å². The highest BCUT2D eigenvalue weighted by molar-refractivity contribution is 5.70. The first-order valence-corrected chi connectivity index (χ1v) is 5.98. The molecule has 0 fully saturated rings. The molecule has 0 aliphatic rings. The zero-order valence-corrected chi connectivity index (χ0v) is 10.2. The van der Waals surface area contributed by atoms with Crippen molar-refractivity contribution in [3.05, 3.63) is 84.8 Å². The smallest absolute Gasteiger partial charge is 0.0645 e. The first-order valence-electron chi connectivity index (χ1n) is 8.48. The van der Waals surface area contributed by atoms with Crippen molar-refractivity contribution in [1.82, 2.24) is 0 Å². The summed E-state index contributed by atoms with van der Waals surface area (Å²) in [4.78, 5) is 0. The first-order chi connectivity index (χ1) is 11.5. The SMILES string of the molecule is [2H]c1c([2H])c([2H])c(Nc2cccc(-c3ccccc3)c2)c([2H])c1[2H]. The Kier molecular flexibility index (Phi) is 2.03. The van der Waals surface area contributed by atoms with Crippen LogP contribution in [0.3, 0.4) is 0 Å². The first kappa shape index (κ1) is 7.15. The van der Waals surface area contributed by atoms with Crippen molar-refractivity contribution in [2.75, 3.05) is 5.32 Å². The van der Waals surface area contributed by atoms with Gasteiger partial charge in [0.05, 0.1) is 6.85 Å². The number of hydrogen-bond acceptors (Lipinski definition) is 1. The third-order valence-corrected chi connectivity index (χ3v) is 2.74. The molecule has 3 aromatic carbocycles. The van der Waals surface area contributed by atoms with Gasteiger partial charge in [0, 0.05) is 11.4 Å². The van der Waals surface area contributed by atoms with Gasteiger partial charge < -0.3 is 5.32 Å². The third-order valence-electron chi connectivity index (χ3n) is 2.74. The van der Waals surface area contributed by atoms with E-state index in [1.54, 1.807) is 6.07 Å². The Morgan fingerprint density at radius 1 is 0.684 bits per heavy atom. The lowest BCUT2D eigenvalue weighted by molar-refractivity contribution is 1.54. The van der Waals surface area contributed by atoms with E-state index in [1.807, 2.05) is 48.5 Å². The van der Waals surface area contributed by atoms with Crippen molar-refractivity contribution in [1.29, 1.82) is 0 Å². The minimum absolute atomic E-state index is 0.0752. The van der Waals surface area contributed by atoms with Crippen LogP contribution in [-0.2, 0) is 0 Å². The fourth-order valence-electron chi connectivity index (χ4n) is 1.86. The molecule has 1 heteroatoms. The minimum Gasteiger partial charge on any atom is -0.356 e. The summed E-state index contributed by atoms with van der Waals surface area (Å²) < 4.78 is 39.0. The molecule has 0 saturated carbocycles. The van der Waals surface area contributed by atoms with E-state index < -0.39 is 6.04 Å². The van der Waals surface area contributed by atoms with Crippen LogP contribution in [0.1, 0.15) is 6.85 Å². The summed E-state index contributed by atoms with van der Waals surface area (Å²) in [5, 5.41) is 2.96. The molecule has 0 heterocycles. The summed E-state index contributed by atoms with van der Waals surface area (Å²) in [6.07, 6.45) is 0. The van der Waals surface area contributed by atoms with Gasteiger partial charge in [0.15, 0.2) is 0 Å². The van der Waals surface area contributed by atoms with Crippen LogP contribution in [0.15, 0.2) is 84.8 Å². The molecular weight excluding hydrogens is 230 g/mol. The molecule has 3 aromatic rings. The standard InChI is InChI=1S/C18H15N/c1-3-8-15(9-4-1)16-10-7-13-18(14-16)19-17-11-5-2-6-12-17/h1-14,19H/i2D,5D,6D,11D,12D. The van der Waals surface area contributed by atoms with E-state index in [-0.39, 0.29) is 29.9 Å². The van der Waals surface area contributed by atoms with Gasteiger partial charge in [0.1, 0.15) is 0 Å². The van der Waals surface area contributed by atoms with Crippen LogP contribution in [0.4, 0.5) is 11.4 Å². The Morgan fingerprint density at radius 3 is 2.21 bits per heavy atom. The predicted molar refractivity (Wildman–Crippen MR) is 81.6 cm³/mol. The van der Waals surface area contributed by atoms with Gasteiger partial charge in [-0.3, -0.25) is 0 Å². The molecule has 0 unspecified atom stereocenters. The van der Waals surface area contributed by atoms with Gasteiger partial charge in [-0.1, -0.05) is 60.6 Å². The van der Waals surface area contributed by atoms with Crippen LogP contribution in [0.5, 0.6) is 0 Å². The van der Waals surface area contributed by atoms with Crippen LogP contribution in [-0.4, -0.2) is 0 Å². The van der Waals surface area contributed by atoms with Crippen LogP contribution in [0.25, 0.3) is 11.1 Å². The molecule has 0 radical (unpaired) electrons. The van der Waals surface area contributed by atoms with Gasteiger partial charge in [-0.2, -0.15) is 0 Å². The molecule has 0 aliphatic carbocycles. The maximum absolute atomic E-state index is 7.97. The molecule has 0 saturated heterocycles. The fraction of sp³-hybridized carbons (Fsp3) is 0. The van der Waals surface area contributed by atoms with E-state index in [2.05, 4.69) is 5.32 Å². The van der Waals surface area contributed by atoms with E-state index >= 15 is 0 Å². The number of nitrogens with one attached hydrogen (secondary N) is 1. The molecule has 0 bridgehead atoms. The normalized spacial score (nSPS) is 13.8. The maximum atomic E-state index is 7.97. The molecule has 1 N–H and O–H groups in total. The van der Waals surface area contributed by atoms with Crippen molar-refractivity contribution in [3.63, 3.8) is 0 Å². The van der Waals surface area contributed by atoms with Crippen LogP contribution in [0.2, 0.25) is 0 Å². The van der Waals surface area contributed by atoms with Gasteiger partial charge >= 0.3 is 0 Å². The maximum Gasteiger partial charge on any atom is 0.0645 e. The van der Waals surface area contributed by atoms with Gasteiger partial charge in [0.2, 0.25) is 0 Å². The van der Waals surface area contributed by atoms with E-state index in [1.165, 1.54) is 0 Å². The molecule has 0 aromatic heterocycles. The summed E-state index contributed by atoms with van der Waals surface area (Å²) in [6, 6.07) is 15.7. The van der Waals surface area contributed by atoms with Crippen molar-refractivity contribution in [3.8, 4) is 11.1 Å². The topological polar surface area (TPSA) is 12.0 Å². The van der Waals surface area contributed by atoms with Gasteiger partial charge in [-0.25, -0.2) is 0 Å². The lowest BCUT2D eigenvalue weighted by atomic mass is 10.1. The summed E-state index contributed by atoms with van der Waals surface area (Å²) >= 11 is 0. The fourth-order valence-corrected chi connectivity index (χ4v) is 1.86. The molecule has 3 rings (SSSR count). The lowest BCUT2D eigenvalue weighted by Crippen LogP contribution is -1.89. The monoisotopic (exact) mass is 250 g/mol. The summed E-state index contributed by atoms with van der Waals surface area (Å²) in [6.45, 7) is 0. The Labute approximate surface area is 120 Å². The Hall–Kier alpha value is -2.54. The Morgan fingerprint density at radius 2 is 1.42 bits per heavy atom. The predicted octanol–water partition coefficient (Wildman–Crippen LogP) is 5.10. The number of anilines is 2. The zero-order valence-electron chi connectivity index (χ0n) is 15.2.